The van der Waals surface area contributed by atoms with Crippen LogP contribution in [0.2, 0.25) is 0 Å². The number of nitrogens with two attached hydrogens (primary N) is 1. The fourth-order valence-corrected chi connectivity index (χ4v) is 6.21. The van der Waals surface area contributed by atoms with Crippen molar-refractivity contribution in [1.82, 2.24) is 14.9 Å². The number of carbonyl (C=O) groups excluding carboxylic acids is 2. The van der Waals surface area contributed by atoms with Crippen molar-refractivity contribution < 1.29 is 23.8 Å². The van der Waals surface area contributed by atoms with Gasteiger partial charge in [0.1, 0.15) is 22.5 Å². The first-order chi connectivity index (χ1) is 16.9. The number of rotatable bonds is 5. The molecule has 2 aliphatic rings. The van der Waals surface area contributed by atoms with Gasteiger partial charge in [0.2, 0.25) is 5.91 Å². The molecule has 0 spiro atoms. The number of thiophene rings is 1. The van der Waals surface area contributed by atoms with E-state index in [1.807, 2.05) is 0 Å². The number of anilines is 1. The Morgan fingerprint density at radius 3 is 2.83 bits per heavy atom. The number of aliphatic hydroxyl groups excluding tert-OH is 1. The van der Waals surface area contributed by atoms with Crippen LogP contribution in [0.3, 0.4) is 0 Å². The Hall–Kier alpha value is -3.11. The van der Waals surface area contributed by atoms with E-state index in [4.69, 9.17) is 10.5 Å². The van der Waals surface area contributed by atoms with Crippen LogP contribution in [0.25, 0.3) is 10.2 Å². The molecule has 3 heterocycles. The molecule has 1 aliphatic heterocycles. The molecule has 0 saturated carbocycles. The lowest BCUT2D eigenvalue weighted by atomic mass is 10.1. The average molecular weight is 499 g/mol. The maximum atomic E-state index is 14.0. The number of nitrogen functional groups attached to an aromatic ring is 1. The number of β-amino-alcohol motifs (C(OH)–C–C–N with tert-alkyl or cyclic N) is 1. The fourth-order valence-electron chi connectivity index (χ4n) is 4.92. The molecule has 3 aromatic rings. The number of esters is 1. The summed E-state index contributed by atoms with van der Waals surface area (Å²) in [5.74, 6) is -0.917. The number of halogens is 1. The summed E-state index contributed by atoms with van der Waals surface area (Å²) in [5.41, 5.74) is 7.75. The summed E-state index contributed by atoms with van der Waals surface area (Å²) in [6, 6.07) is 5.03. The SMILES string of the molecule is Nc1nc(COC(=O)C2CC(O)CN2C(=O)Cc2ccccc2F)nc2sc3c(c12)CCCCC3. The molecule has 184 valence electrons. The van der Waals surface area contributed by atoms with E-state index in [0.29, 0.717) is 11.6 Å². The summed E-state index contributed by atoms with van der Waals surface area (Å²) in [7, 11) is 0. The second-order valence-electron chi connectivity index (χ2n) is 9.10. The summed E-state index contributed by atoms with van der Waals surface area (Å²) >= 11 is 1.62. The van der Waals surface area contributed by atoms with E-state index in [2.05, 4.69) is 9.97 Å². The molecule has 1 saturated heterocycles. The molecule has 0 radical (unpaired) electrons. The van der Waals surface area contributed by atoms with Gasteiger partial charge in [0.25, 0.3) is 0 Å². The lowest BCUT2D eigenvalue weighted by Gasteiger charge is -2.23. The quantitative estimate of drug-likeness (QED) is 0.410. The Bertz CT molecular complexity index is 1280. The number of hydrogen-bond acceptors (Lipinski definition) is 8. The normalized spacial score (nSPS) is 20.0. The molecule has 10 heteroatoms. The topological polar surface area (TPSA) is 119 Å². The lowest BCUT2D eigenvalue weighted by Crippen LogP contribution is -2.42. The zero-order valence-corrected chi connectivity index (χ0v) is 20.0. The van der Waals surface area contributed by atoms with Crippen LogP contribution in [-0.2, 0) is 40.2 Å². The predicted octanol–water partition coefficient (Wildman–Crippen LogP) is 2.93. The molecule has 2 unspecified atom stereocenters. The molecule has 3 N–H and O–H groups in total. The zero-order valence-electron chi connectivity index (χ0n) is 19.2. The summed E-state index contributed by atoms with van der Waals surface area (Å²) in [6.07, 6.45) is 4.45. The number of hydrogen-bond donors (Lipinski definition) is 2. The molecule has 5 rings (SSSR count). The first-order valence-electron chi connectivity index (χ1n) is 11.8. The van der Waals surface area contributed by atoms with Crippen LogP contribution in [0.15, 0.2) is 24.3 Å². The Labute approximate surface area is 205 Å². The summed E-state index contributed by atoms with van der Waals surface area (Å²) in [4.78, 5) is 38.0. The first-order valence-corrected chi connectivity index (χ1v) is 12.7. The molecule has 35 heavy (non-hydrogen) atoms. The number of aliphatic hydroxyl groups is 1. The number of fused-ring (bicyclic) bond motifs is 3. The second kappa shape index (κ2) is 9.87. The number of nitrogens with zero attached hydrogens (tertiary/aromatic N) is 3. The molecule has 8 nitrogen and oxygen atoms in total. The van der Waals surface area contributed by atoms with E-state index in [1.165, 1.54) is 33.9 Å². The Morgan fingerprint density at radius 2 is 2.00 bits per heavy atom. The molecule has 1 aromatic carbocycles. The fraction of sp³-hybridized carbons (Fsp3) is 0.440. The third kappa shape index (κ3) is 4.85. The molecule has 2 aromatic heterocycles. The first kappa shape index (κ1) is 23.6. The van der Waals surface area contributed by atoms with E-state index >= 15 is 0 Å². The Morgan fingerprint density at radius 1 is 1.20 bits per heavy atom. The van der Waals surface area contributed by atoms with E-state index in [-0.39, 0.29) is 31.6 Å². The van der Waals surface area contributed by atoms with Crippen LogP contribution in [-0.4, -0.2) is 50.5 Å². The average Bonchev–Trinajstić information content (AvgIpc) is 3.31. The van der Waals surface area contributed by atoms with Gasteiger partial charge in [0.05, 0.1) is 17.9 Å². The van der Waals surface area contributed by atoms with Gasteiger partial charge in [-0.05, 0) is 42.9 Å². The minimum atomic E-state index is -0.955. The van der Waals surface area contributed by atoms with Gasteiger partial charge in [-0.2, -0.15) is 0 Å². The van der Waals surface area contributed by atoms with Crippen molar-refractivity contribution in [2.24, 2.45) is 0 Å². The maximum absolute atomic E-state index is 14.0. The van der Waals surface area contributed by atoms with Crippen LogP contribution in [0.1, 0.15) is 47.5 Å². The number of aromatic nitrogens is 2. The monoisotopic (exact) mass is 498 g/mol. The van der Waals surface area contributed by atoms with Gasteiger partial charge in [-0.3, -0.25) is 4.79 Å². The Kier molecular flexibility index (Phi) is 6.66. The van der Waals surface area contributed by atoms with Crippen LogP contribution < -0.4 is 5.73 Å². The van der Waals surface area contributed by atoms with Gasteiger partial charge in [-0.1, -0.05) is 24.6 Å². The third-order valence-electron chi connectivity index (χ3n) is 6.65. The number of benzene rings is 1. The number of amides is 1. The Balaban J connectivity index is 1.28. The van der Waals surface area contributed by atoms with Crippen molar-refractivity contribution in [1.29, 1.82) is 0 Å². The molecule has 2 atom stereocenters. The lowest BCUT2D eigenvalue weighted by molar-refractivity contribution is -0.154. The highest BCUT2D eigenvalue weighted by Gasteiger charge is 2.40. The number of ether oxygens (including phenoxy) is 1. The van der Waals surface area contributed by atoms with Gasteiger partial charge in [0, 0.05) is 17.8 Å². The van der Waals surface area contributed by atoms with Crippen LogP contribution in [0.5, 0.6) is 0 Å². The van der Waals surface area contributed by atoms with E-state index < -0.39 is 29.8 Å². The summed E-state index contributed by atoms with van der Waals surface area (Å²) < 4.78 is 19.4. The summed E-state index contributed by atoms with van der Waals surface area (Å²) in [5, 5.41) is 11.0. The van der Waals surface area contributed by atoms with Gasteiger partial charge >= 0.3 is 5.97 Å². The second-order valence-corrected chi connectivity index (χ2v) is 10.2. The van der Waals surface area contributed by atoms with Crippen LogP contribution in [0, 0.1) is 5.82 Å². The molecule has 1 aliphatic carbocycles. The number of aryl methyl sites for hydroxylation is 2. The van der Waals surface area contributed by atoms with Crippen molar-refractivity contribution in [3.8, 4) is 0 Å². The number of carbonyl (C=O) groups is 2. The highest BCUT2D eigenvalue weighted by Crippen LogP contribution is 2.37. The van der Waals surface area contributed by atoms with Gasteiger partial charge < -0.3 is 20.5 Å². The van der Waals surface area contributed by atoms with Crippen molar-refractivity contribution in [3.05, 3.63) is 51.9 Å². The smallest absolute Gasteiger partial charge is 0.329 e. The molecule has 0 bridgehead atoms. The minimum absolute atomic E-state index is 0.0107. The van der Waals surface area contributed by atoms with Gasteiger partial charge in [-0.25, -0.2) is 19.2 Å². The van der Waals surface area contributed by atoms with E-state index in [9.17, 15) is 19.1 Å². The summed E-state index contributed by atoms with van der Waals surface area (Å²) in [6.45, 7) is -0.202. The highest BCUT2D eigenvalue weighted by atomic mass is 32.1. The van der Waals surface area contributed by atoms with Crippen LogP contribution in [0.4, 0.5) is 10.2 Å². The molecule has 1 amide bonds. The van der Waals surface area contributed by atoms with Crippen molar-refractivity contribution in [3.63, 3.8) is 0 Å². The number of likely N-dealkylation sites (tertiary alicyclic amines) is 1. The van der Waals surface area contributed by atoms with Crippen molar-refractivity contribution >= 4 is 39.2 Å². The largest absolute Gasteiger partial charge is 0.456 e. The molecular formula is C25H27FN4O4S. The zero-order chi connectivity index (χ0) is 24.5. The minimum Gasteiger partial charge on any atom is -0.456 e. The van der Waals surface area contributed by atoms with E-state index in [0.717, 1.165) is 35.9 Å². The van der Waals surface area contributed by atoms with Crippen molar-refractivity contribution in [2.45, 2.75) is 63.7 Å². The van der Waals surface area contributed by atoms with Gasteiger partial charge in [0.15, 0.2) is 12.4 Å². The maximum Gasteiger partial charge on any atom is 0.329 e. The third-order valence-corrected chi connectivity index (χ3v) is 7.84. The van der Waals surface area contributed by atoms with Crippen LogP contribution >= 0.6 is 11.3 Å². The molecular weight excluding hydrogens is 471 g/mol. The standard InChI is InChI=1S/C25H27FN4O4S/c26-17-8-5-4-6-14(17)10-21(32)30-12-15(31)11-18(30)25(33)34-13-20-28-23(27)22-16-7-2-1-3-9-19(16)35-24(22)29-20/h4-6,8,15,18,31H,1-3,7,9-13H2,(H2,27,28,29). The van der Waals surface area contributed by atoms with Gasteiger partial charge in [-0.15, -0.1) is 11.3 Å². The van der Waals surface area contributed by atoms with E-state index in [1.54, 1.807) is 23.5 Å². The predicted molar refractivity (Wildman–Crippen MR) is 129 cm³/mol. The molecule has 1 fully saturated rings. The highest BCUT2D eigenvalue weighted by molar-refractivity contribution is 7.19. The van der Waals surface area contributed by atoms with Crippen molar-refractivity contribution in [2.75, 3.05) is 12.3 Å².